The fraction of sp³-hybridized carbons (Fsp3) is 0.667. The number of cyclic esters (lactones) is 1. The minimum absolute atomic E-state index is 0.0919. The number of aliphatic hydroxyl groups is 10. The van der Waals surface area contributed by atoms with Crippen LogP contribution in [0.25, 0.3) is 0 Å². The van der Waals surface area contributed by atoms with Crippen molar-refractivity contribution in [3.63, 3.8) is 0 Å². The van der Waals surface area contributed by atoms with Crippen molar-refractivity contribution in [3.05, 3.63) is 85.1 Å². The molecule has 17 atom stereocenters. The Morgan fingerprint density at radius 2 is 1.29 bits per heavy atom. The zero-order valence-electron chi connectivity index (χ0n) is 38.4. The van der Waals surface area contributed by atoms with Crippen LogP contribution in [0, 0.1) is 11.8 Å². The molecule has 0 aromatic rings. The third-order valence-corrected chi connectivity index (χ3v) is 11.4. The van der Waals surface area contributed by atoms with E-state index in [0.717, 1.165) is 0 Å². The molecule has 0 aromatic carbocycles. The molecule has 8 unspecified atom stereocenters. The van der Waals surface area contributed by atoms with Crippen LogP contribution in [0.1, 0.15) is 85.5 Å². The van der Waals surface area contributed by atoms with E-state index in [0.29, 0.717) is 0 Å². The van der Waals surface area contributed by atoms with Gasteiger partial charge in [0.25, 0.3) is 0 Å². The first-order valence-corrected chi connectivity index (χ1v) is 22.8. The van der Waals surface area contributed by atoms with E-state index in [1.807, 2.05) is 37.3 Å². The number of ether oxygens (including phenoxy) is 5. The van der Waals surface area contributed by atoms with Crippen molar-refractivity contribution in [2.45, 2.75) is 183 Å². The topological polar surface area (TPSA) is 309 Å². The Labute approximate surface area is 387 Å². The number of nitrogens with two attached hydrogens (primary N) is 1. The number of aliphatic hydroxyl groups excluding tert-OH is 9. The van der Waals surface area contributed by atoms with Gasteiger partial charge in [-0.1, -0.05) is 92.0 Å². The predicted octanol–water partition coefficient (Wildman–Crippen LogP) is 0.944. The van der Waals surface area contributed by atoms with Gasteiger partial charge >= 0.3 is 11.9 Å². The number of fused-ring (bicyclic) bond motifs is 2. The minimum Gasteiger partial charge on any atom is -0.463 e. The van der Waals surface area contributed by atoms with Crippen molar-refractivity contribution in [1.82, 2.24) is 0 Å². The SMILES string of the molecule is CC(C)OC(=O)C1[C@@H]2CC(O[C@@H]3OC[C@@H](O)[C@H](N)[C@H]3O)/C=C/C=C/C=C/C=C/C=C/C=C/C=C/[C@H](C)[C@@H](O)C[C@H](C)OC(=O)CC(O)CC(O)CCC(O)C(O)CC(O)CC(O)(C[C@@H]1O)O2. The van der Waals surface area contributed by atoms with E-state index >= 15 is 0 Å². The Bertz CT molecular complexity index is 1660. The molecule has 18 nitrogen and oxygen atoms in total. The maximum atomic E-state index is 13.4. The van der Waals surface area contributed by atoms with Gasteiger partial charge in [0.15, 0.2) is 12.1 Å². The van der Waals surface area contributed by atoms with E-state index in [1.165, 1.54) is 0 Å². The van der Waals surface area contributed by atoms with Crippen LogP contribution in [0.4, 0.5) is 0 Å². The van der Waals surface area contributed by atoms with Gasteiger partial charge in [0.1, 0.15) is 18.1 Å². The van der Waals surface area contributed by atoms with Gasteiger partial charge in [0.05, 0.1) is 86.2 Å². The first-order valence-electron chi connectivity index (χ1n) is 22.8. The smallest absolute Gasteiger partial charge is 0.314 e. The first-order chi connectivity index (χ1) is 31.2. The van der Waals surface area contributed by atoms with Crippen LogP contribution in [0.15, 0.2) is 85.1 Å². The molecule has 0 aromatic heterocycles. The van der Waals surface area contributed by atoms with Gasteiger partial charge < -0.3 is 80.5 Å². The van der Waals surface area contributed by atoms with Crippen LogP contribution in [0.2, 0.25) is 0 Å². The van der Waals surface area contributed by atoms with Crippen LogP contribution in [0.5, 0.6) is 0 Å². The van der Waals surface area contributed by atoms with Crippen molar-refractivity contribution in [2.75, 3.05) is 6.61 Å². The van der Waals surface area contributed by atoms with Gasteiger partial charge in [-0.2, -0.15) is 0 Å². The number of esters is 2. The van der Waals surface area contributed by atoms with Gasteiger partial charge in [-0.15, -0.1) is 0 Å². The Morgan fingerprint density at radius 1 is 0.697 bits per heavy atom. The predicted molar refractivity (Wildman–Crippen MR) is 241 cm³/mol. The summed E-state index contributed by atoms with van der Waals surface area (Å²) in [6, 6.07) is -1.11. The highest BCUT2D eigenvalue weighted by atomic mass is 16.7. The van der Waals surface area contributed by atoms with E-state index in [9.17, 15) is 60.7 Å². The lowest BCUT2D eigenvalue weighted by atomic mass is 9.82. The molecule has 2 fully saturated rings. The van der Waals surface area contributed by atoms with Gasteiger partial charge in [0.2, 0.25) is 0 Å². The maximum absolute atomic E-state index is 13.4. The monoisotopic (exact) mass is 938 g/mol. The first kappa shape index (κ1) is 56.9. The quantitative estimate of drug-likeness (QED) is 0.175. The molecule has 0 aliphatic carbocycles. The third-order valence-electron chi connectivity index (χ3n) is 11.4. The highest BCUT2D eigenvalue weighted by Crippen LogP contribution is 2.38. The van der Waals surface area contributed by atoms with Crippen LogP contribution in [-0.2, 0) is 33.3 Å². The van der Waals surface area contributed by atoms with E-state index in [1.54, 1.807) is 75.5 Å². The average Bonchev–Trinajstić information content (AvgIpc) is 3.21. The summed E-state index contributed by atoms with van der Waals surface area (Å²) < 4.78 is 28.6. The molecule has 3 heterocycles. The molecule has 12 N–H and O–H groups in total. The van der Waals surface area contributed by atoms with E-state index < -0.39 is 141 Å². The van der Waals surface area contributed by atoms with Gasteiger partial charge in [-0.25, -0.2) is 0 Å². The van der Waals surface area contributed by atoms with Gasteiger partial charge in [-0.3, -0.25) is 9.59 Å². The normalized spacial score (nSPS) is 42.8. The van der Waals surface area contributed by atoms with Crippen molar-refractivity contribution >= 4 is 11.9 Å². The van der Waals surface area contributed by atoms with Crippen molar-refractivity contribution in [1.29, 1.82) is 0 Å². The molecular weight excluding hydrogens is 863 g/mol. The van der Waals surface area contributed by atoms with Crippen LogP contribution in [0.3, 0.4) is 0 Å². The molecular formula is C48H75NO17. The summed E-state index contributed by atoms with van der Waals surface area (Å²) in [6.45, 7) is 6.45. The van der Waals surface area contributed by atoms with Crippen LogP contribution in [-0.4, -0.2) is 167 Å². The fourth-order valence-electron chi connectivity index (χ4n) is 7.79. The van der Waals surface area contributed by atoms with Crippen molar-refractivity contribution in [3.8, 4) is 0 Å². The van der Waals surface area contributed by atoms with E-state index in [2.05, 4.69) is 0 Å². The summed E-state index contributed by atoms with van der Waals surface area (Å²) in [6.07, 6.45) is 5.07. The molecule has 0 radical (unpaired) electrons. The van der Waals surface area contributed by atoms with Crippen LogP contribution >= 0.6 is 0 Å². The summed E-state index contributed by atoms with van der Waals surface area (Å²) in [5.41, 5.74) is 5.99. The Hall–Kier alpha value is -3.44. The van der Waals surface area contributed by atoms with Crippen LogP contribution < -0.4 is 5.73 Å². The van der Waals surface area contributed by atoms with E-state index in [4.69, 9.17) is 29.4 Å². The van der Waals surface area contributed by atoms with Crippen molar-refractivity contribution < 1.29 is 84.3 Å². The Kier molecular flexibility index (Phi) is 24.8. The number of hydrogen-bond acceptors (Lipinski definition) is 18. The highest BCUT2D eigenvalue weighted by molar-refractivity contribution is 5.74. The van der Waals surface area contributed by atoms with Gasteiger partial charge in [-0.05, 0) is 40.0 Å². The van der Waals surface area contributed by atoms with Crippen molar-refractivity contribution in [2.24, 2.45) is 17.6 Å². The number of allylic oxidation sites excluding steroid dienone is 12. The maximum Gasteiger partial charge on any atom is 0.314 e. The molecule has 18 heteroatoms. The second-order valence-electron chi connectivity index (χ2n) is 17.8. The molecule has 3 aliphatic rings. The molecule has 374 valence electrons. The summed E-state index contributed by atoms with van der Waals surface area (Å²) in [7, 11) is 0. The standard InChI is InChI=1S/C48H75NO17/c1-29(2)63-46(60)43-39(56)27-48(61)26-34(52)23-38(55)36(53)20-19-32(50)22-33(51)24-42(58)64-31(4)21-37(54)30(3)17-15-13-11-9-7-5-6-8-10-12-14-16-18-35(25-41(43)66-48)65-47-45(59)44(49)40(57)28-62-47/h5-18,29-41,43-45,47,50-57,59,61H,19-28,49H2,1-4H3/b6-5+,9-7+,10-8+,13-11+,14-12+,17-15+,18-16+/t30-,31-,32?,33?,34?,35?,36?,37-,38?,39-,40+,41-,43?,44-,45+,47-,48?/m0/s1. The van der Waals surface area contributed by atoms with E-state index in [-0.39, 0.29) is 44.6 Å². The Morgan fingerprint density at radius 3 is 1.89 bits per heavy atom. The summed E-state index contributed by atoms with van der Waals surface area (Å²) in [5, 5.41) is 108. The minimum atomic E-state index is -2.27. The molecule has 3 aliphatic heterocycles. The number of hydrogen-bond donors (Lipinski definition) is 11. The molecule has 0 amide bonds. The molecule has 2 bridgehead atoms. The molecule has 66 heavy (non-hydrogen) atoms. The molecule has 0 spiro atoms. The zero-order chi connectivity index (χ0) is 49.0. The average molecular weight is 938 g/mol. The van der Waals surface area contributed by atoms with Gasteiger partial charge in [0, 0.05) is 38.0 Å². The second-order valence-corrected chi connectivity index (χ2v) is 17.8. The molecule has 2 saturated heterocycles. The lowest BCUT2D eigenvalue weighted by molar-refractivity contribution is -0.306. The summed E-state index contributed by atoms with van der Waals surface area (Å²) in [5.74, 6) is -5.43. The fourth-order valence-corrected chi connectivity index (χ4v) is 7.79. The molecule has 3 rings (SSSR count). The lowest BCUT2D eigenvalue weighted by Gasteiger charge is -2.45. The largest absolute Gasteiger partial charge is 0.463 e. The molecule has 0 saturated carbocycles. The number of carbonyl (C=O) groups excluding carboxylic acids is 2. The Balaban J connectivity index is 1.88. The lowest BCUT2D eigenvalue weighted by Crippen LogP contribution is -2.59. The summed E-state index contributed by atoms with van der Waals surface area (Å²) >= 11 is 0. The second kappa shape index (κ2) is 28.8. The number of rotatable bonds is 4. The highest BCUT2D eigenvalue weighted by Gasteiger charge is 2.51. The number of carbonyl (C=O) groups is 2. The zero-order valence-corrected chi connectivity index (χ0v) is 38.4. The summed E-state index contributed by atoms with van der Waals surface area (Å²) in [4.78, 5) is 25.9. The third kappa shape index (κ3) is 20.4.